The Labute approximate surface area is 210 Å². The van der Waals surface area contributed by atoms with E-state index in [2.05, 4.69) is 17.4 Å². The zero-order chi connectivity index (χ0) is 22.6. The number of hydrogen-bond donors (Lipinski definition) is 1. The van der Waals surface area contributed by atoms with E-state index in [0.717, 1.165) is 44.7 Å². The molecule has 0 saturated carbocycles. The van der Waals surface area contributed by atoms with Gasteiger partial charge in [-0.2, -0.15) is 0 Å². The molecule has 0 saturated heterocycles. The Hall–Kier alpha value is -2.06. The molecule has 0 bridgehead atoms. The van der Waals surface area contributed by atoms with Crippen LogP contribution < -0.4 is 5.32 Å². The summed E-state index contributed by atoms with van der Waals surface area (Å²) in [5.74, 6) is 1.05. The van der Waals surface area contributed by atoms with Gasteiger partial charge in [0.1, 0.15) is 9.86 Å². The van der Waals surface area contributed by atoms with E-state index in [1.165, 1.54) is 40.6 Å². The second-order valence-electron chi connectivity index (χ2n) is 7.82. The molecule has 0 spiro atoms. The number of fused-ring (bicyclic) bond motifs is 3. The maximum Gasteiger partial charge on any atom is 0.234 e. The highest BCUT2D eigenvalue weighted by atomic mass is 35.5. The minimum atomic E-state index is -0.0586. The molecule has 2 aromatic heterocycles. The number of rotatable bonds is 7. The average Bonchev–Trinajstić information content (AvgIpc) is 3.22. The Balaban J connectivity index is 1.38. The Bertz CT molecular complexity index is 1280. The van der Waals surface area contributed by atoms with Gasteiger partial charge in [0.2, 0.25) is 5.91 Å². The Morgan fingerprint density at radius 3 is 2.61 bits per heavy atom. The Kier molecular flexibility index (Phi) is 7.21. The zero-order valence-corrected chi connectivity index (χ0v) is 21.0. The smallest absolute Gasteiger partial charge is 0.234 e. The number of anilines is 1. The number of nitrogens with zero attached hydrogens (tertiary/aromatic N) is 2. The molecule has 8 heteroatoms. The molecular formula is C25H22ClN3OS3. The van der Waals surface area contributed by atoms with E-state index in [1.807, 2.05) is 18.2 Å². The molecule has 0 aliphatic heterocycles. The SMILES string of the molecule is O=C(CSc1nc(SCc2ccccc2)nc2sc3c(c12)CCCC3)Nc1ccc(Cl)cc1. The van der Waals surface area contributed by atoms with E-state index < -0.39 is 0 Å². The molecule has 2 aromatic carbocycles. The summed E-state index contributed by atoms with van der Waals surface area (Å²) in [6.07, 6.45) is 4.61. The van der Waals surface area contributed by atoms with E-state index in [1.54, 1.807) is 47.4 Å². The van der Waals surface area contributed by atoms with Gasteiger partial charge in [-0.3, -0.25) is 4.79 Å². The van der Waals surface area contributed by atoms with Crippen LogP contribution in [-0.4, -0.2) is 21.6 Å². The van der Waals surface area contributed by atoms with Crippen LogP contribution in [0.1, 0.15) is 28.8 Å². The first-order valence-corrected chi connectivity index (χ1v) is 14.0. The van der Waals surface area contributed by atoms with Crippen LogP contribution in [0.4, 0.5) is 5.69 Å². The van der Waals surface area contributed by atoms with Crippen LogP contribution in [-0.2, 0) is 23.4 Å². The predicted octanol–water partition coefficient (Wildman–Crippen LogP) is 7.25. The molecule has 1 aliphatic carbocycles. The van der Waals surface area contributed by atoms with E-state index in [4.69, 9.17) is 21.6 Å². The van der Waals surface area contributed by atoms with E-state index in [9.17, 15) is 4.79 Å². The van der Waals surface area contributed by atoms with Gasteiger partial charge in [-0.05, 0) is 61.1 Å². The summed E-state index contributed by atoms with van der Waals surface area (Å²) in [5.41, 5.74) is 3.37. The van der Waals surface area contributed by atoms with Crippen molar-refractivity contribution in [3.05, 3.63) is 75.6 Å². The lowest BCUT2D eigenvalue weighted by molar-refractivity contribution is -0.113. The summed E-state index contributed by atoms with van der Waals surface area (Å²) < 4.78 is 0. The van der Waals surface area contributed by atoms with Crippen molar-refractivity contribution in [3.63, 3.8) is 0 Å². The van der Waals surface area contributed by atoms with Crippen molar-refractivity contribution in [2.75, 3.05) is 11.1 Å². The first-order chi connectivity index (χ1) is 16.2. The fourth-order valence-electron chi connectivity index (χ4n) is 3.86. The first kappa shape index (κ1) is 22.7. The summed E-state index contributed by atoms with van der Waals surface area (Å²) in [7, 11) is 0. The van der Waals surface area contributed by atoms with Gasteiger partial charge in [0.15, 0.2) is 5.16 Å². The van der Waals surface area contributed by atoms with Crippen molar-refractivity contribution in [1.82, 2.24) is 9.97 Å². The number of nitrogens with one attached hydrogen (secondary N) is 1. The number of aromatic nitrogens is 2. The van der Waals surface area contributed by atoms with Crippen molar-refractivity contribution in [3.8, 4) is 0 Å². The minimum absolute atomic E-state index is 0.0586. The van der Waals surface area contributed by atoms with Gasteiger partial charge < -0.3 is 5.32 Å². The van der Waals surface area contributed by atoms with Crippen LogP contribution in [0.2, 0.25) is 5.02 Å². The van der Waals surface area contributed by atoms with Crippen molar-refractivity contribution in [2.45, 2.75) is 41.6 Å². The standard InChI is InChI=1S/C25H22ClN3OS3/c26-17-10-12-18(13-11-17)27-21(30)15-31-23-22-19-8-4-5-9-20(19)33-24(22)29-25(28-23)32-14-16-6-2-1-3-7-16/h1-3,6-7,10-13H,4-5,8-9,14-15H2,(H,27,30). The summed E-state index contributed by atoms with van der Waals surface area (Å²) in [6.45, 7) is 0. The van der Waals surface area contributed by atoms with Gasteiger partial charge in [0.05, 0.1) is 5.75 Å². The average molecular weight is 512 g/mol. The largest absolute Gasteiger partial charge is 0.325 e. The molecule has 4 aromatic rings. The quantitative estimate of drug-likeness (QED) is 0.161. The lowest BCUT2D eigenvalue weighted by Crippen LogP contribution is -2.14. The number of aryl methyl sites for hydroxylation is 2. The highest BCUT2D eigenvalue weighted by molar-refractivity contribution is 8.00. The number of carbonyl (C=O) groups excluding carboxylic acids is 1. The lowest BCUT2D eigenvalue weighted by Gasteiger charge is -2.12. The van der Waals surface area contributed by atoms with Crippen molar-refractivity contribution < 1.29 is 4.79 Å². The predicted molar refractivity (Wildman–Crippen MR) is 141 cm³/mol. The maximum absolute atomic E-state index is 12.6. The number of thioether (sulfide) groups is 2. The van der Waals surface area contributed by atoms with Crippen LogP contribution in [0.25, 0.3) is 10.2 Å². The maximum atomic E-state index is 12.6. The Morgan fingerprint density at radius 1 is 1.00 bits per heavy atom. The minimum Gasteiger partial charge on any atom is -0.325 e. The van der Waals surface area contributed by atoms with E-state index in [0.29, 0.717) is 10.8 Å². The van der Waals surface area contributed by atoms with Crippen LogP contribution in [0.3, 0.4) is 0 Å². The third kappa shape index (κ3) is 5.54. The van der Waals surface area contributed by atoms with Gasteiger partial charge in [-0.1, -0.05) is 65.5 Å². The molecule has 33 heavy (non-hydrogen) atoms. The second-order valence-corrected chi connectivity index (χ2v) is 11.2. The molecule has 168 valence electrons. The number of amides is 1. The second kappa shape index (κ2) is 10.5. The van der Waals surface area contributed by atoms with Gasteiger partial charge >= 0.3 is 0 Å². The molecule has 1 N–H and O–H groups in total. The number of thiophene rings is 1. The van der Waals surface area contributed by atoms with Crippen molar-refractivity contribution >= 4 is 68.3 Å². The zero-order valence-electron chi connectivity index (χ0n) is 17.8. The monoisotopic (exact) mass is 511 g/mol. The fourth-order valence-corrected chi connectivity index (χ4v) is 7.08. The van der Waals surface area contributed by atoms with Crippen molar-refractivity contribution in [1.29, 1.82) is 0 Å². The summed E-state index contributed by atoms with van der Waals surface area (Å²) >= 11 is 10.9. The number of hydrogen-bond acceptors (Lipinski definition) is 6. The summed E-state index contributed by atoms with van der Waals surface area (Å²) in [4.78, 5) is 24.9. The molecular weight excluding hydrogens is 490 g/mol. The summed E-state index contributed by atoms with van der Waals surface area (Å²) in [5, 5.41) is 6.43. The first-order valence-electron chi connectivity index (χ1n) is 10.8. The lowest BCUT2D eigenvalue weighted by atomic mass is 9.97. The topological polar surface area (TPSA) is 54.9 Å². The number of halogens is 1. The molecule has 0 atom stereocenters. The van der Waals surface area contributed by atoms with E-state index in [-0.39, 0.29) is 5.91 Å². The molecule has 2 heterocycles. The van der Waals surface area contributed by atoms with Crippen LogP contribution in [0, 0.1) is 0 Å². The summed E-state index contributed by atoms with van der Waals surface area (Å²) in [6, 6.07) is 17.5. The molecule has 5 rings (SSSR count). The highest BCUT2D eigenvalue weighted by Gasteiger charge is 2.22. The molecule has 4 nitrogen and oxygen atoms in total. The fraction of sp³-hybridized carbons (Fsp3) is 0.240. The number of carbonyl (C=O) groups is 1. The number of benzene rings is 2. The van der Waals surface area contributed by atoms with Crippen LogP contribution >= 0.6 is 46.5 Å². The molecule has 0 unspecified atom stereocenters. The Morgan fingerprint density at radius 2 is 1.79 bits per heavy atom. The van der Waals surface area contributed by atoms with Gasteiger partial charge in [0, 0.05) is 26.7 Å². The van der Waals surface area contributed by atoms with Crippen LogP contribution in [0.15, 0.2) is 64.8 Å². The van der Waals surface area contributed by atoms with E-state index >= 15 is 0 Å². The van der Waals surface area contributed by atoms with Gasteiger partial charge in [-0.25, -0.2) is 9.97 Å². The molecule has 0 fully saturated rings. The van der Waals surface area contributed by atoms with Crippen LogP contribution in [0.5, 0.6) is 0 Å². The molecule has 1 amide bonds. The third-order valence-electron chi connectivity index (χ3n) is 5.44. The van der Waals surface area contributed by atoms with Crippen molar-refractivity contribution in [2.24, 2.45) is 0 Å². The molecule has 0 radical (unpaired) electrons. The third-order valence-corrected chi connectivity index (χ3v) is 8.77. The van der Waals surface area contributed by atoms with Gasteiger partial charge in [0.25, 0.3) is 0 Å². The normalized spacial score (nSPS) is 13.1. The van der Waals surface area contributed by atoms with Gasteiger partial charge in [-0.15, -0.1) is 11.3 Å². The molecule has 1 aliphatic rings. The highest BCUT2D eigenvalue weighted by Crippen LogP contribution is 2.40.